The van der Waals surface area contributed by atoms with Gasteiger partial charge in [0.05, 0.1) is 12.2 Å². The minimum atomic E-state index is 0.589. The molecule has 0 atom stereocenters. The Morgan fingerprint density at radius 1 is 1.71 bits per heavy atom. The molecule has 1 aromatic heterocycles. The average Bonchev–Trinajstić information content (AvgIpc) is 2.85. The van der Waals surface area contributed by atoms with E-state index in [-0.39, 0.29) is 0 Å². The molecule has 0 aliphatic heterocycles. The van der Waals surface area contributed by atoms with Crippen LogP contribution in [-0.4, -0.2) is 16.3 Å². The van der Waals surface area contributed by atoms with Crippen molar-refractivity contribution in [2.24, 2.45) is 0 Å². The standard InChI is InChI=1S/C9H13N3OS/c1-6-4-8(13-12-6)5-10-9(14)11-7-2-3-7/h4,7H,2-3,5H2,1H3,(H2,10,11,14). The van der Waals surface area contributed by atoms with Crippen LogP contribution in [0.3, 0.4) is 0 Å². The molecule has 14 heavy (non-hydrogen) atoms. The van der Waals surface area contributed by atoms with Gasteiger partial charge < -0.3 is 15.2 Å². The van der Waals surface area contributed by atoms with Crippen LogP contribution in [0.1, 0.15) is 24.3 Å². The van der Waals surface area contributed by atoms with Crippen molar-refractivity contribution in [3.8, 4) is 0 Å². The van der Waals surface area contributed by atoms with Crippen LogP contribution in [0.2, 0.25) is 0 Å². The molecule has 0 spiro atoms. The van der Waals surface area contributed by atoms with Crippen molar-refractivity contribution in [1.29, 1.82) is 0 Å². The van der Waals surface area contributed by atoms with Crippen LogP contribution in [0.4, 0.5) is 0 Å². The number of hydrogen-bond donors (Lipinski definition) is 2. The zero-order valence-corrected chi connectivity index (χ0v) is 8.86. The number of rotatable bonds is 3. The number of aryl methyl sites for hydroxylation is 1. The first-order valence-corrected chi connectivity index (χ1v) is 5.11. The van der Waals surface area contributed by atoms with Crippen molar-refractivity contribution >= 4 is 17.3 Å². The first kappa shape index (κ1) is 9.45. The number of aromatic nitrogens is 1. The van der Waals surface area contributed by atoms with Crippen LogP contribution in [0.25, 0.3) is 0 Å². The van der Waals surface area contributed by atoms with Crippen molar-refractivity contribution < 1.29 is 4.52 Å². The Balaban J connectivity index is 1.73. The lowest BCUT2D eigenvalue weighted by atomic mass is 10.4. The maximum absolute atomic E-state index is 5.09. The van der Waals surface area contributed by atoms with E-state index in [9.17, 15) is 0 Å². The van der Waals surface area contributed by atoms with E-state index in [1.165, 1.54) is 12.8 Å². The molecule has 1 aliphatic carbocycles. The van der Waals surface area contributed by atoms with Crippen LogP contribution in [-0.2, 0) is 6.54 Å². The first-order chi connectivity index (χ1) is 6.74. The Hall–Kier alpha value is -1.10. The Labute approximate surface area is 88.0 Å². The van der Waals surface area contributed by atoms with E-state index in [0.717, 1.165) is 11.5 Å². The molecule has 1 aliphatic rings. The zero-order chi connectivity index (χ0) is 9.97. The molecule has 0 amide bonds. The Morgan fingerprint density at radius 2 is 2.50 bits per heavy atom. The maximum Gasteiger partial charge on any atom is 0.166 e. The van der Waals surface area contributed by atoms with E-state index in [2.05, 4.69) is 15.8 Å². The van der Waals surface area contributed by atoms with Gasteiger partial charge >= 0.3 is 0 Å². The second-order valence-corrected chi connectivity index (χ2v) is 3.94. The topological polar surface area (TPSA) is 50.1 Å². The minimum absolute atomic E-state index is 0.589. The summed E-state index contributed by atoms with van der Waals surface area (Å²) in [6.07, 6.45) is 2.45. The molecular formula is C9H13N3OS. The Bertz CT molecular complexity index is 333. The third-order valence-corrected chi connectivity index (χ3v) is 2.27. The van der Waals surface area contributed by atoms with Crippen molar-refractivity contribution in [3.63, 3.8) is 0 Å². The van der Waals surface area contributed by atoms with E-state index in [0.29, 0.717) is 17.7 Å². The molecule has 4 nitrogen and oxygen atoms in total. The van der Waals surface area contributed by atoms with Gasteiger partial charge in [-0.1, -0.05) is 5.16 Å². The SMILES string of the molecule is Cc1cc(CNC(=S)NC2CC2)on1. The van der Waals surface area contributed by atoms with E-state index in [4.69, 9.17) is 16.7 Å². The molecule has 76 valence electrons. The summed E-state index contributed by atoms with van der Waals surface area (Å²) >= 11 is 5.09. The summed E-state index contributed by atoms with van der Waals surface area (Å²) in [6, 6.07) is 2.48. The maximum atomic E-state index is 5.09. The van der Waals surface area contributed by atoms with E-state index < -0.39 is 0 Å². The fourth-order valence-corrected chi connectivity index (χ4v) is 1.37. The molecule has 1 heterocycles. The lowest BCUT2D eigenvalue weighted by Crippen LogP contribution is -2.35. The average molecular weight is 211 g/mol. The summed E-state index contributed by atoms with van der Waals surface area (Å²) < 4.78 is 5.04. The second kappa shape index (κ2) is 3.96. The van der Waals surface area contributed by atoms with Crippen LogP contribution in [0.15, 0.2) is 10.6 Å². The molecule has 1 fully saturated rings. The fourth-order valence-electron chi connectivity index (χ4n) is 1.13. The molecule has 0 radical (unpaired) electrons. The highest BCUT2D eigenvalue weighted by Gasteiger charge is 2.21. The molecule has 0 bridgehead atoms. The van der Waals surface area contributed by atoms with Gasteiger partial charge in [-0.2, -0.15) is 0 Å². The van der Waals surface area contributed by atoms with Crippen LogP contribution >= 0.6 is 12.2 Å². The fraction of sp³-hybridized carbons (Fsp3) is 0.556. The van der Waals surface area contributed by atoms with Gasteiger partial charge in [0, 0.05) is 12.1 Å². The van der Waals surface area contributed by atoms with E-state index in [1.54, 1.807) is 0 Å². The highest BCUT2D eigenvalue weighted by Crippen LogP contribution is 2.18. The van der Waals surface area contributed by atoms with E-state index >= 15 is 0 Å². The molecule has 1 saturated carbocycles. The van der Waals surface area contributed by atoms with Gasteiger partial charge in [0.1, 0.15) is 0 Å². The third kappa shape index (κ3) is 2.70. The van der Waals surface area contributed by atoms with Crippen LogP contribution in [0, 0.1) is 6.92 Å². The number of nitrogens with one attached hydrogen (secondary N) is 2. The molecular weight excluding hydrogens is 198 g/mol. The molecule has 1 aromatic rings. The molecule has 2 N–H and O–H groups in total. The van der Waals surface area contributed by atoms with Gasteiger partial charge in [-0.3, -0.25) is 0 Å². The Kier molecular flexibility index (Phi) is 2.67. The molecule has 2 rings (SSSR count). The lowest BCUT2D eigenvalue weighted by molar-refractivity contribution is 0.376. The summed E-state index contributed by atoms with van der Waals surface area (Å²) in [5.74, 6) is 0.808. The summed E-state index contributed by atoms with van der Waals surface area (Å²) in [4.78, 5) is 0. The summed E-state index contributed by atoms with van der Waals surface area (Å²) in [5.41, 5.74) is 0.892. The first-order valence-electron chi connectivity index (χ1n) is 4.70. The van der Waals surface area contributed by atoms with Gasteiger partial charge in [-0.15, -0.1) is 0 Å². The van der Waals surface area contributed by atoms with Gasteiger partial charge in [0.2, 0.25) is 0 Å². The predicted molar refractivity (Wildman–Crippen MR) is 56.8 cm³/mol. The van der Waals surface area contributed by atoms with Gasteiger partial charge in [0.25, 0.3) is 0 Å². The highest BCUT2D eigenvalue weighted by atomic mass is 32.1. The molecule has 0 unspecified atom stereocenters. The van der Waals surface area contributed by atoms with Crippen molar-refractivity contribution in [2.75, 3.05) is 0 Å². The third-order valence-electron chi connectivity index (χ3n) is 2.01. The summed E-state index contributed by atoms with van der Waals surface area (Å²) in [7, 11) is 0. The number of nitrogens with zero attached hydrogens (tertiary/aromatic N) is 1. The van der Waals surface area contributed by atoms with Crippen molar-refractivity contribution in [3.05, 3.63) is 17.5 Å². The van der Waals surface area contributed by atoms with Gasteiger partial charge in [-0.25, -0.2) is 0 Å². The molecule has 0 aromatic carbocycles. The van der Waals surface area contributed by atoms with Crippen LogP contribution in [0.5, 0.6) is 0 Å². The quantitative estimate of drug-likeness (QED) is 0.733. The van der Waals surface area contributed by atoms with Crippen molar-refractivity contribution in [1.82, 2.24) is 15.8 Å². The monoisotopic (exact) mass is 211 g/mol. The normalized spacial score (nSPS) is 15.2. The predicted octanol–water partition coefficient (Wildman–Crippen LogP) is 1.11. The number of hydrogen-bond acceptors (Lipinski definition) is 3. The second-order valence-electron chi connectivity index (χ2n) is 3.54. The smallest absolute Gasteiger partial charge is 0.166 e. The zero-order valence-electron chi connectivity index (χ0n) is 8.04. The van der Waals surface area contributed by atoms with Gasteiger partial charge in [-0.05, 0) is 32.0 Å². The van der Waals surface area contributed by atoms with Crippen LogP contribution < -0.4 is 10.6 Å². The number of thiocarbonyl (C=S) groups is 1. The summed E-state index contributed by atoms with van der Waals surface area (Å²) in [5, 5.41) is 10.7. The summed E-state index contributed by atoms with van der Waals surface area (Å²) in [6.45, 7) is 2.49. The highest BCUT2D eigenvalue weighted by molar-refractivity contribution is 7.80. The largest absolute Gasteiger partial charge is 0.360 e. The van der Waals surface area contributed by atoms with E-state index in [1.807, 2.05) is 13.0 Å². The molecule has 0 saturated heterocycles. The Morgan fingerprint density at radius 3 is 3.07 bits per heavy atom. The minimum Gasteiger partial charge on any atom is -0.360 e. The molecule has 5 heteroatoms. The lowest BCUT2D eigenvalue weighted by Gasteiger charge is -2.06. The van der Waals surface area contributed by atoms with Gasteiger partial charge in [0.15, 0.2) is 10.9 Å². The van der Waals surface area contributed by atoms with Crippen molar-refractivity contribution in [2.45, 2.75) is 32.4 Å².